The van der Waals surface area contributed by atoms with Crippen LogP contribution in [0.25, 0.3) is 10.8 Å². The monoisotopic (exact) mass is 403 g/mol. The molecule has 0 amide bonds. The minimum absolute atomic E-state index is 0.270. The van der Waals surface area contributed by atoms with E-state index in [9.17, 15) is 0 Å². The Hall–Kier alpha value is -2.37. The van der Waals surface area contributed by atoms with E-state index < -0.39 is 0 Å². The number of hydrogen-bond donors (Lipinski definition) is 0. The van der Waals surface area contributed by atoms with Crippen molar-refractivity contribution in [3.05, 3.63) is 71.7 Å². The van der Waals surface area contributed by atoms with E-state index >= 15 is 0 Å². The summed E-state index contributed by atoms with van der Waals surface area (Å²) in [5.74, 6) is 1.99. The van der Waals surface area contributed by atoms with Crippen molar-refractivity contribution in [1.29, 1.82) is 0 Å². The number of aromatic nitrogens is 1. The lowest BCUT2D eigenvalue weighted by atomic mass is 9.90. The van der Waals surface area contributed by atoms with E-state index in [1.54, 1.807) is 7.11 Å². The summed E-state index contributed by atoms with van der Waals surface area (Å²) in [6.07, 6.45) is 14.4. The van der Waals surface area contributed by atoms with Gasteiger partial charge in [0.05, 0.1) is 29.9 Å². The van der Waals surface area contributed by atoms with Gasteiger partial charge in [-0.1, -0.05) is 30.4 Å². The summed E-state index contributed by atoms with van der Waals surface area (Å²) in [5.41, 5.74) is 6.16. The first-order chi connectivity index (χ1) is 14.3. The Morgan fingerprint density at radius 2 is 2.31 bits per heavy atom. The van der Waals surface area contributed by atoms with Crippen LogP contribution in [0.4, 0.5) is 5.69 Å². The quantitative estimate of drug-likeness (QED) is 0.716. The van der Waals surface area contributed by atoms with Gasteiger partial charge in [0.15, 0.2) is 0 Å². The normalized spacial score (nSPS) is 22.3. The number of pyridine rings is 1. The van der Waals surface area contributed by atoms with Gasteiger partial charge >= 0.3 is 0 Å². The molecule has 4 nitrogen and oxygen atoms in total. The lowest BCUT2D eigenvalue weighted by molar-refractivity contribution is 0.201. The first-order valence-corrected chi connectivity index (χ1v) is 11.3. The summed E-state index contributed by atoms with van der Waals surface area (Å²) in [6, 6.07) is 8.76. The lowest BCUT2D eigenvalue weighted by Crippen LogP contribution is -2.43. The molecule has 148 valence electrons. The number of hydrogen-bond acceptors (Lipinski definition) is 5. The van der Waals surface area contributed by atoms with Crippen LogP contribution in [-0.2, 0) is 11.2 Å². The number of aliphatic imine (C=N–C) groups is 1. The third-order valence-corrected chi connectivity index (χ3v) is 6.71. The van der Waals surface area contributed by atoms with E-state index in [1.165, 1.54) is 22.2 Å². The lowest BCUT2D eigenvalue weighted by Gasteiger charge is -2.38. The minimum Gasteiger partial charge on any atom is -0.384 e. The van der Waals surface area contributed by atoms with Crippen LogP contribution < -0.4 is 0 Å². The Morgan fingerprint density at radius 1 is 1.34 bits per heavy atom. The number of thioether (sulfide) groups is 1. The van der Waals surface area contributed by atoms with Crippen LogP contribution in [0.1, 0.15) is 18.5 Å². The fourth-order valence-electron chi connectivity index (χ4n) is 4.19. The molecule has 5 heteroatoms. The van der Waals surface area contributed by atoms with Crippen molar-refractivity contribution in [2.75, 3.05) is 25.3 Å². The SMILES string of the molecule is COCCc1cc2c(N=C3CSCN4C=C5C=CCCC5=CC34)cccc2cn1. The van der Waals surface area contributed by atoms with Crippen molar-refractivity contribution in [3.8, 4) is 0 Å². The van der Waals surface area contributed by atoms with Crippen LogP contribution in [0.3, 0.4) is 0 Å². The maximum absolute atomic E-state index is 5.22. The van der Waals surface area contributed by atoms with E-state index in [0.29, 0.717) is 6.61 Å². The van der Waals surface area contributed by atoms with Crippen LogP contribution >= 0.6 is 11.8 Å². The zero-order chi connectivity index (χ0) is 19.6. The summed E-state index contributed by atoms with van der Waals surface area (Å²) in [5, 5.41) is 2.30. The summed E-state index contributed by atoms with van der Waals surface area (Å²) in [7, 11) is 1.73. The molecule has 0 radical (unpaired) electrons. The van der Waals surface area contributed by atoms with Crippen molar-refractivity contribution in [2.24, 2.45) is 4.99 Å². The molecule has 0 N–H and O–H groups in total. The van der Waals surface area contributed by atoms with Gasteiger partial charge in [-0.2, -0.15) is 0 Å². The van der Waals surface area contributed by atoms with Gasteiger partial charge in [-0.15, -0.1) is 11.8 Å². The van der Waals surface area contributed by atoms with Crippen molar-refractivity contribution in [3.63, 3.8) is 0 Å². The molecule has 2 aliphatic heterocycles. The van der Waals surface area contributed by atoms with Crippen molar-refractivity contribution >= 4 is 33.9 Å². The highest BCUT2D eigenvalue weighted by Gasteiger charge is 2.29. The van der Waals surface area contributed by atoms with Gasteiger partial charge in [-0.3, -0.25) is 9.98 Å². The van der Waals surface area contributed by atoms with E-state index in [1.807, 2.05) is 18.0 Å². The average molecular weight is 404 g/mol. The highest BCUT2D eigenvalue weighted by molar-refractivity contribution is 8.00. The summed E-state index contributed by atoms with van der Waals surface area (Å²) >= 11 is 1.94. The van der Waals surface area contributed by atoms with Crippen molar-refractivity contribution in [1.82, 2.24) is 9.88 Å². The molecule has 2 aromatic rings. The predicted molar refractivity (Wildman–Crippen MR) is 122 cm³/mol. The maximum atomic E-state index is 5.22. The molecule has 1 saturated heterocycles. The zero-order valence-corrected chi connectivity index (χ0v) is 17.5. The molecule has 1 aromatic carbocycles. The molecular weight excluding hydrogens is 378 g/mol. The molecule has 29 heavy (non-hydrogen) atoms. The topological polar surface area (TPSA) is 37.7 Å². The molecule has 1 fully saturated rings. The summed E-state index contributed by atoms with van der Waals surface area (Å²) < 4.78 is 5.22. The molecule has 1 unspecified atom stereocenters. The van der Waals surface area contributed by atoms with E-state index in [2.05, 4.69) is 58.6 Å². The van der Waals surface area contributed by atoms with Gasteiger partial charge in [0, 0.05) is 48.1 Å². The minimum atomic E-state index is 0.270. The van der Waals surface area contributed by atoms with E-state index in [4.69, 9.17) is 9.73 Å². The van der Waals surface area contributed by atoms with Crippen molar-refractivity contribution < 1.29 is 4.74 Å². The number of rotatable bonds is 4. The third-order valence-electron chi connectivity index (χ3n) is 5.73. The smallest absolute Gasteiger partial charge is 0.0875 e. The number of allylic oxidation sites excluding steroid dienone is 4. The fourth-order valence-corrected chi connectivity index (χ4v) is 5.17. The highest BCUT2D eigenvalue weighted by atomic mass is 32.2. The fraction of sp³-hybridized carbons (Fsp3) is 0.333. The van der Waals surface area contributed by atoms with Gasteiger partial charge in [0.2, 0.25) is 0 Å². The number of methoxy groups -OCH3 is 1. The Bertz CT molecular complexity index is 1050. The van der Waals surface area contributed by atoms with Gasteiger partial charge in [-0.05, 0) is 36.1 Å². The first kappa shape index (κ1) is 18.6. The van der Waals surface area contributed by atoms with Crippen LogP contribution in [0, 0.1) is 0 Å². The van der Waals surface area contributed by atoms with Crippen LogP contribution in [0.15, 0.2) is 71.0 Å². The largest absolute Gasteiger partial charge is 0.384 e. The first-order valence-electron chi connectivity index (χ1n) is 10.2. The molecule has 3 heterocycles. The molecule has 1 aliphatic carbocycles. The maximum Gasteiger partial charge on any atom is 0.0875 e. The Labute approximate surface area is 176 Å². The second-order valence-corrected chi connectivity index (χ2v) is 8.63. The summed E-state index contributed by atoms with van der Waals surface area (Å²) in [4.78, 5) is 12.2. The van der Waals surface area contributed by atoms with E-state index in [-0.39, 0.29) is 6.04 Å². The third kappa shape index (κ3) is 3.77. The summed E-state index contributed by atoms with van der Waals surface area (Å²) in [6.45, 7) is 0.680. The molecule has 0 spiro atoms. The Kier molecular flexibility index (Phi) is 5.25. The number of fused-ring (bicyclic) bond motifs is 3. The number of nitrogens with zero attached hydrogens (tertiary/aromatic N) is 3. The predicted octanol–water partition coefficient (Wildman–Crippen LogP) is 5.05. The van der Waals surface area contributed by atoms with Crippen molar-refractivity contribution in [2.45, 2.75) is 25.3 Å². The second-order valence-electron chi connectivity index (χ2n) is 7.67. The highest BCUT2D eigenvalue weighted by Crippen LogP contribution is 2.34. The Morgan fingerprint density at radius 3 is 3.24 bits per heavy atom. The van der Waals surface area contributed by atoms with Gasteiger partial charge in [0.1, 0.15) is 0 Å². The molecular formula is C24H25N3OS. The molecule has 0 bridgehead atoms. The van der Waals surface area contributed by atoms with Gasteiger partial charge in [0.25, 0.3) is 0 Å². The number of ether oxygens (including phenoxy) is 1. The van der Waals surface area contributed by atoms with E-state index in [0.717, 1.165) is 47.7 Å². The van der Waals surface area contributed by atoms with Crippen LogP contribution in [0.5, 0.6) is 0 Å². The molecule has 1 atom stereocenters. The standard InChI is InChI=1S/C24H25N3OS/c1-28-10-9-20-12-21-18(13-25-20)7-4-8-22(21)26-23-15-29-16-27-14-19-6-3-2-5-17(19)11-24(23)27/h3-4,6-8,11-14,24H,2,5,9-10,15-16H2,1H3. The zero-order valence-electron chi connectivity index (χ0n) is 16.7. The van der Waals surface area contributed by atoms with Gasteiger partial charge < -0.3 is 9.64 Å². The average Bonchev–Trinajstić information content (AvgIpc) is 2.77. The molecule has 5 rings (SSSR count). The second kappa shape index (κ2) is 8.17. The van der Waals surface area contributed by atoms with Gasteiger partial charge in [-0.25, -0.2) is 0 Å². The Balaban J connectivity index is 1.52. The van der Waals surface area contributed by atoms with Crippen LogP contribution in [-0.4, -0.2) is 47.0 Å². The molecule has 0 saturated carbocycles. The number of benzene rings is 1. The van der Waals surface area contributed by atoms with Crippen LogP contribution in [0.2, 0.25) is 0 Å². The molecule has 3 aliphatic rings. The molecule has 1 aromatic heterocycles.